The summed E-state index contributed by atoms with van der Waals surface area (Å²) in [6.07, 6.45) is 0.788. The number of aliphatic imine (C=N–C) groups is 1. The van der Waals surface area contributed by atoms with Gasteiger partial charge in [-0.1, -0.05) is 12.1 Å². The Hall–Kier alpha value is -2.67. The predicted molar refractivity (Wildman–Crippen MR) is 117 cm³/mol. The van der Waals surface area contributed by atoms with Crippen molar-refractivity contribution in [3.63, 3.8) is 0 Å². The van der Waals surface area contributed by atoms with Crippen LogP contribution < -0.4 is 9.47 Å². The van der Waals surface area contributed by atoms with Crippen LogP contribution in [0.25, 0.3) is 0 Å². The molecule has 1 saturated heterocycles. The molecule has 2 aliphatic heterocycles. The van der Waals surface area contributed by atoms with Gasteiger partial charge < -0.3 is 14.2 Å². The molecule has 0 N–H and O–H groups in total. The number of esters is 1. The van der Waals surface area contributed by atoms with Crippen LogP contribution in [0.3, 0.4) is 0 Å². The number of hydrogen-bond donors (Lipinski definition) is 0. The van der Waals surface area contributed by atoms with Crippen LogP contribution in [0, 0.1) is 0 Å². The molecule has 2 heterocycles. The predicted octanol–water partition coefficient (Wildman–Crippen LogP) is 3.34. The standard InChI is InChI=1S/C23H25NO5S/c1-4-29-21-11-16-17(12-20(21)27-2)22(24-19-9-10-30(26)13-18(16)19)14-5-7-15(8-6-14)23(25)28-3/h5-8,11-12,18-19H,4,9-10,13H2,1-3H3/t18-,19?,30-/m1/s1. The molecule has 0 spiro atoms. The Balaban J connectivity index is 1.84. The summed E-state index contributed by atoms with van der Waals surface area (Å²) < 4.78 is 28.5. The van der Waals surface area contributed by atoms with Gasteiger partial charge in [-0.3, -0.25) is 9.20 Å². The lowest BCUT2D eigenvalue weighted by molar-refractivity contribution is 0.0600. The first-order valence-electron chi connectivity index (χ1n) is 10.0. The van der Waals surface area contributed by atoms with Crippen LogP contribution >= 0.6 is 0 Å². The van der Waals surface area contributed by atoms with E-state index >= 15 is 0 Å². The number of fused-ring (bicyclic) bond motifs is 3. The van der Waals surface area contributed by atoms with E-state index in [1.165, 1.54) is 7.11 Å². The lowest BCUT2D eigenvalue weighted by Gasteiger charge is -2.35. The van der Waals surface area contributed by atoms with E-state index in [0.29, 0.717) is 35.2 Å². The number of benzene rings is 2. The average Bonchev–Trinajstić information content (AvgIpc) is 2.78. The number of carbonyl (C=O) groups is 1. The van der Waals surface area contributed by atoms with Gasteiger partial charge in [0.2, 0.25) is 0 Å². The van der Waals surface area contributed by atoms with Gasteiger partial charge in [0.25, 0.3) is 0 Å². The quantitative estimate of drug-likeness (QED) is 0.685. The Morgan fingerprint density at radius 2 is 1.93 bits per heavy atom. The van der Waals surface area contributed by atoms with Gasteiger partial charge >= 0.3 is 5.97 Å². The summed E-state index contributed by atoms with van der Waals surface area (Å²) in [5, 5.41) is 0. The van der Waals surface area contributed by atoms with Gasteiger partial charge in [-0.15, -0.1) is 0 Å². The summed E-state index contributed by atoms with van der Waals surface area (Å²) >= 11 is 0. The van der Waals surface area contributed by atoms with Crippen molar-refractivity contribution in [2.45, 2.75) is 25.3 Å². The third-order valence-corrected chi connectivity index (χ3v) is 7.06. The van der Waals surface area contributed by atoms with Crippen LogP contribution in [-0.2, 0) is 15.5 Å². The molecule has 2 aliphatic rings. The minimum atomic E-state index is -0.841. The molecule has 2 aromatic carbocycles. The number of carbonyl (C=O) groups excluding carboxylic acids is 1. The molecule has 3 atom stereocenters. The van der Waals surface area contributed by atoms with Crippen LogP contribution in [0.15, 0.2) is 41.4 Å². The fraction of sp³-hybridized carbons (Fsp3) is 0.391. The van der Waals surface area contributed by atoms with Gasteiger partial charge in [-0.2, -0.15) is 0 Å². The lowest BCUT2D eigenvalue weighted by Crippen LogP contribution is -2.35. The largest absolute Gasteiger partial charge is 0.493 e. The van der Waals surface area contributed by atoms with Crippen LogP contribution in [0.2, 0.25) is 0 Å². The molecule has 158 valence electrons. The first-order valence-corrected chi connectivity index (χ1v) is 11.5. The number of methoxy groups -OCH3 is 2. The molecular formula is C23H25NO5S. The van der Waals surface area contributed by atoms with Gasteiger partial charge in [-0.25, -0.2) is 4.79 Å². The van der Waals surface area contributed by atoms with Crippen LogP contribution in [0.4, 0.5) is 0 Å². The summed E-state index contributed by atoms with van der Waals surface area (Å²) in [6, 6.07) is 11.3. The number of nitrogens with zero attached hydrogens (tertiary/aromatic N) is 1. The molecule has 0 amide bonds. The second-order valence-corrected chi connectivity index (χ2v) is 8.96. The zero-order chi connectivity index (χ0) is 21.3. The molecule has 7 heteroatoms. The van der Waals surface area contributed by atoms with Crippen molar-refractivity contribution in [2.75, 3.05) is 32.3 Å². The van der Waals surface area contributed by atoms with Gasteiger partial charge in [-0.05, 0) is 43.2 Å². The topological polar surface area (TPSA) is 74.2 Å². The smallest absolute Gasteiger partial charge is 0.337 e. The van der Waals surface area contributed by atoms with Crippen molar-refractivity contribution < 1.29 is 23.2 Å². The fourth-order valence-corrected chi connectivity index (χ4v) is 5.64. The molecule has 1 unspecified atom stereocenters. The Morgan fingerprint density at radius 3 is 2.60 bits per heavy atom. The summed E-state index contributed by atoms with van der Waals surface area (Å²) in [7, 11) is 2.15. The molecule has 0 bridgehead atoms. The summed E-state index contributed by atoms with van der Waals surface area (Å²) in [4.78, 5) is 16.9. The van der Waals surface area contributed by atoms with Crippen molar-refractivity contribution in [1.29, 1.82) is 0 Å². The molecule has 0 aliphatic carbocycles. The zero-order valence-corrected chi connectivity index (χ0v) is 18.2. The summed E-state index contributed by atoms with van der Waals surface area (Å²) in [5.74, 6) is 2.33. The minimum absolute atomic E-state index is 0.0772. The highest BCUT2D eigenvalue weighted by Gasteiger charge is 2.37. The van der Waals surface area contributed by atoms with E-state index in [1.807, 2.05) is 31.2 Å². The van der Waals surface area contributed by atoms with E-state index in [0.717, 1.165) is 28.8 Å². The Morgan fingerprint density at radius 1 is 1.17 bits per heavy atom. The molecule has 0 radical (unpaired) electrons. The SMILES string of the molecule is CCOc1cc2c(cc1OC)C(c1ccc(C(=O)OC)cc1)=NC1CC[S@@](=O)C[C@H]21. The van der Waals surface area contributed by atoms with E-state index in [-0.39, 0.29) is 17.9 Å². The molecule has 2 aromatic rings. The highest BCUT2D eigenvalue weighted by atomic mass is 32.2. The first-order chi connectivity index (χ1) is 14.5. The van der Waals surface area contributed by atoms with Crippen LogP contribution in [0.5, 0.6) is 11.5 Å². The maximum Gasteiger partial charge on any atom is 0.337 e. The number of hydrogen-bond acceptors (Lipinski definition) is 6. The Kier molecular flexibility index (Phi) is 5.90. The molecule has 0 aromatic heterocycles. The van der Waals surface area contributed by atoms with Gasteiger partial charge in [0, 0.05) is 39.4 Å². The Bertz CT molecular complexity index is 1010. The van der Waals surface area contributed by atoms with E-state index in [1.54, 1.807) is 19.2 Å². The second kappa shape index (κ2) is 8.60. The molecule has 6 nitrogen and oxygen atoms in total. The molecule has 4 rings (SSSR count). The van der Waals surface area contributed by atoms with Crippen molar-refractivity contribution in [2.24, 2.45) is 4.99 Å². The van der Waals surface area contributed by atoms with Crippen LogP contribution in [-0.4, -0.2) is 54.3 Å². The molecule has 0 saturated carbocycles. The maximum absolute atomic E-state index is 12.3. The number of rotatable bonds is 5. The van der Waals surface area contributed by atoms with E-state index in [4.69, 9.17) is 19.2 Å². The van der Waals surface area contributed by atoms with Gasteiger partial charge in [0.1, 0.15) is 0 Å². The van der Waals surface area contributed by atoms with Crippen molar-refractivity contribution in [3.8, 4) is 11.5 Å². The molecular weight excluding hydrogens is 402 g/mol. The summed E-state index contributed by atoms with van der Waals surface area (Å²) in [5.41, 5.74) is 4.32. The molecule has 1 fully saturated rings. The first kappa shape index (κ1) is 20.6. The van der Waals surface area contributed by atoms with Crippen molar-refractivity contribution in [3.05, 3.63) is 58.7 Å². The minimum Gasteiger partial charge on any atom is -0.493 e. The summed E-state index contributed by atoms with van der Waals surface area (Å²) in [6.45, 7) is 2.47. The van der Waals surface area contributed by atoms with Gasteiger partial charge in [0.15, 0.2) is 11.5 Å². The highest BCUT2D eigenvalue weighted by Crippen LogP contribution is 2.42. The molecule has 30 heavy (non-hydrogen) atoms. The lowest BCUT2D eigenvalue weighted by atomic mass is 9.81. The van der Waals surface area contributed by atoms with E-state index < -0.39 is 10.8 Å². The second-order valence-electron chi connectivity index (χ2n) is 7.34. The highest BCUT2D eigenvalue weighted by molar-refractivity contribution is 7.85. The fourth-order valence-electron chi connectivity index (χ4n) is 4.16. The number of ether oxygens (including phenoxy) is 3. The van der Waals surface area contributed by atoms with Crippen LogP contribution in [0.1, 0.15) is 46.3 Å². The Labute approximate surface area is 178 Å². The van der Waals surface area contributed by atoms with E-state index in [9.17, 15) is 9.00 Å². The van der Waals surface area contributed by atoms with Crippen molar-refractivity contribution in [1.82, 2.24) is 0 Å². The van der Waals surface area contributed by atoms with Crippen molar-refractivity contribution >= 4 is 22.5 Å². The van der Waals surface area contributed by atoms with Gasteiger partial charge in [0.05, 0.1) is 38.1 Å². The zero-order valence-electron chi connectivity index (χ0n) is 17.3. The average molecular weight is 428 g/mol. The third kappa shape index (κ3) is 3.74. The normalized spacial score (nSPS) is 22.4. The van der Waals surface area contributed by atoms with E-state index in [2.05, 4.69) is 0 Å². The monoisotopic (exact) mass is 427 g/mol. The third-order valence-electron chi connectivity index (χ3n) is 5.64. The maximum atomic E-state index is 12.3.